The molecule has 1 atom stereocenters. The number of fused-ring (bicyclic) bond motifs is 1. The number of aromatic hydroxyl groups is 5. The van der Waals surface area contributed by atoms with Crippen LogP contribution in [0.2, 0.25) is 0 Å². The Hall–Kier alpha value is -6.02. The molecule has 11 N–H and O–H groups in total. The maximum Gasteiger partial charge on any atom is 0.339 e. The quantitative estimate of drug-likeness (QED) is 0.154. The molecule has 0 heterocycles. The van der Waals surface area contributed by atoms with Crippen molar-refractivity contribution in [2.45, 2.75) is 13.0 Å². The van der Waals surface area contributed by atoms with E-state index in [0.29, 0.717) is 5.39 Å². The van der Waals surface area contributed by atoms with Gasteiger partial charge in [-0.1, -0.05) is 30.3 Å². The Labute approximate surface area is 237 Å². The molecule has 222 valence electrons. The van der Waals surface area contributed by atoms with Gasteiger partial charge >= 0.3 is 23.9 Å². The summed E-state index contributed by atoms with van der Waals surface area (Å²) < 4.78 is 0. The van der Waals surface area contributed by atoms with Crippen LogP contribution in [0.3, 0.4) is 0 Å². The molecule has 0 saturated carbocycles. The third-order valence-electron chi connectivity index (χ3n) is 4.94. The molecule has 0 aliphatic rings. The van der Waals surface area contributed by atoms with Gasteiger partial charge in [-0.25, -0.2) is 14.4 Å². The summed E-state index contributed by atoms with van der Waals surface area (Å²) in [7, 11) is 0. The molecular formula is C28H27NO13. The highest BCUT2D eigenvalue weighted by Gasteiger charge is 2.12. The monoisotopic (exact) mass is 585 g/mol. The summed E-state index contributed by atoms with van der Waals surface area (Å²) in [5.74, 6) is -5.86. The second-order valence-corrected chi connectivity index (χ2v) is 8.13. The summed E-state index contributed by atoms with van der Waals surface area (Å²) in [6.07, 6.45) is 0. The van der Waals surface area contributed by atoms with Gasteiger partial charge in [0.15, 0.2) is 0 Å². The van der Waals surface area contributed by atoms with E-state index >= 15 is 0 Å². The van der Waals surface area contributed by atoms with Crippen LogP contribution in [-0.4, -0.2) is 75.9 Å². The Balaban J connectivity index is 0.000000291. The molecule has 4 rings (SSSR count). The molecule has 0 amide bonds. The molecule has 0 aliphatic heterocycles. The van der Waals surface area contributed by atoms with Crippen LogP contribution < -0.4 is 5.73 Å². The zero-order valence-corrected chi connectivity index (χ0v) is 21.7. The van der Waals surface area contributed by atoms with Crippen LogP contribution in [0.1, 0.15) is 38.0 Å². The van der Waals surface area contributed by atoms with Crippen LogP contribution in [0.15, 0.2) is 72.8 Å². The number of carboxylic acid groups (broad SMARTS) is 4. The van der Waals surface area contributed by atoms with E-state index in [-0.39, 0.29) is 39.7 Å². The molecule has 0 aromatic heterocycles. The van der Waals surface area contributed by atoms with Gasteiger partial charge < -0.3 is 51.7 Å². The normalized spacial score (nSPS) is 10.3. The van der Waals surface area contributed by atoms with E-state index in [1.807, 2.05) is 12.1 Å². The van der Waals surface area contributed by atoms with Crippen LogP contribution in [-0.2, 0) is 4.79 Å². The average molecular weight is 586 g/mol. The van der Waals surface area contributed by atoms with E-state index in [9.17, 15) is 24.3 Å². The van der Waals surface area contributed by atoms with Crippen molar-refractivity contribution in [3.8, 4) is 28.7 Å². The molecular weight excluding hydrogens is 558 g/mol. The SMILES string of the molecule is CC(N)C(=O)O.O=C(O)c1cc(O)ccc1O.O=C(O)c1ccc(O)cc1O.O=C(O)c1ccc2ccccc2c1O. The predicted molar refractivity (Wildman–Crippen MR) is 147 cm³/mol. The Morgan fingerprint density at radius 2 is 1.07 bits per heavy atom. The lowest BCUT2D eigenvalue weighted by atomic mass is 10.1. The van der Waals surface area contributed by atoms with Gasteiger partial charge in [0.1, 0.15) is 51.5 Å². The minimum absolute atomic E-state index is 0.0660. The fourth-order valence-corrected chi connectivity index (χ4v) is 2.82. The maximum atomic E-state index is 10.7. The average Bonchev–Trinajstić information content (AvgIpc) is 2.91. The fraction of sp³-hybridized carbons (Fsp3) is 0.0714. The molecule has 14 nitrogen and oxygen atoms in total. The molecule has 14 heteroatoms. The van der Waals surface area contributed by atoms with Crippen LogP contribution in [0.5, 0.6) is 28.7 Å². The van der Waals surface area contributed by atoms with Crippen LogP contribution in [0.25, 0.3) is 10.8 Å². The Morgan fingerprint density at radius 1 is 0.595 bits per heavy atom. The first-order valence-electron chi connectivity index (χ1n) is 11.5. The molecule has 0 saturated heterocycles. The smallest absolute Gasteiger partial charge is 0.339 e. The van der Waals surface area contributed by atoms with Crippen molar-refractivity contribution in [2.75, 3.05) is 0 Å². The Bertz CT molecular complexity index is 1580. The number of rotatable bonds is 4. The van der Waals surface area contributed by atoms with Crippen molar-refractivity contribution in [3.05, 3.63) is 89.5 Å². The van der Waals surface area contributed by atoms with Gasteiger partial charge in [0.25, 0.3) is 0 Å². The number of phenols is 5. The predicted octanol–water partition coefficient (Wildman–Crippen LogP) is 3.25. The summed E-state index contributed by atoms with van der Waals surface area (Å²) in [4.78, 5) is 40.9. The van der Waals surface area contributed by atoms with Gasteiger partial charge in [-0.15, -0.1) is 0 Å². The zero-order chi connectivity index (χ0) is 32.1. The molecule has 4 aromatic carbocycles. The molecule has 4 aromatic rings. The van der Waals surface area contributed by atoms with Crippen LogP contribution >= 0.6 is 0 Å². The molecule has 0 spiro atoms. The Morgan fingerprint density at radius 3 is 1.55 bits per heavy atom. The summed E-state index contributed by atoms with van der Waals surface area (Å²) in [5, 5.41) is 79.9. The lowest BCUT2D eigenvalue weighted by Gasteiger charge is -2.03. The highest BCUT2D eigenvalue weighted by molar-refractivity contribution is 6.00. The first-order valence-corrected chi connectivity index (χ1v) is 11.5. The van der Waals surface area contributed by atoms with E-state index in [4.69, 9.17) is 46.6 Å². The molecule has 42 heavy (non-hydrogen) atoms. The number of aliphatic carboxylic acids is 1. The van der Waals surface area contributed by atoms with Gasteiger partial charge in [-0.3, -0.25) is 4.79 Å². The van der Waals surface area contributed by atoms with E-state index in [1.54, 1.807) is 18.2 Å². The number of hydrogen-bond acceptors (Lipinski definition) is 10. The fourth-order valence-electron chi connectivity index (χ4n) is 2.82. The number of carboxylic acids is 4. The number of aromatic carboxylic acids is 3. The van der Waals surface area contributed by atoms with E-state index < -0.39 is 35.7 Å². The zero-order valence-electron chi connectivity index (χ0n) is 21.7. The van der Waals surface area contributed by atoms with Crippen molar-refractivity contribution in [2.24, 2.45) is 5.73 Å². The third-order valence-corrected chi connectivity index (χ3v) is 4.94. The highest BCUT2D eigenvalue weighted by atomic mass is 16.4. The maximum absolute atomic E-state index is 10.7. The van der Waals surface area contributed by atoms with Gasteiger partial charge in [-0.2, -0.15) is 0 Å². The van der Waals surface area contributed by atoms with Gasteiger partial charge in [0, 0.05) is 11.5 Å². The van der Waals surface area contributed by atoms with Crippen LogP contribution in [0.4, 0.5) is 0 Å². The summed E-state index contributed by atoms with van der Waals surface area (Å²) >= 11 is 0. The van der Waals surface area contributed by atoms with E-state index in [0.717, 1.165) is 29.7 Å². The molecule has 1 unspecified atom stereocenters. The first-order chi connectivity index (χ1) is 19.6. The van der Waals surface area contributed by atoms with Crippen molar-refractivity contribution >= 4 is 34.6 Å². The van der Waals surface area contributed by atoms with Gasteiger partial charge in [-0.05, 0) is 48.7 Å². The standard InChI is InChI=1S/C11H8O3.2C7H6O4.C3H7NO2/c12-10-8-4-2-1-3-7(8)5-6-9(10)11(13)14;8-4-1-2-6(9)5(3-4)7(10)11;8-4-1-2-5(7(10)11)6(9)3-4;1-2(4)3(5)6/h1-6,12H,(H,13,14);2*1-3,8-9H,(H,10,11);2H,4H2,1H3,(H,5,6). The number of nitrogens with two attached hydrogens (primary N) is 1. The molecule has 0 aliphatic carbocycles. The lowest BCUT2D eigenvalue weighted by molar-refractivity contribution is -0.138. The number of phenolic OH excluding ortho intramolecular Hbond substituents is 2. The topological polar surface area (TPSA) is 276 Å². The van der Waals surface area contributed by atoms with E-state index in [2.05, 4.69) is 0 Å². The second-order valence-electron chi connectivity index (χ2n) is 8.13. The van der Waals surface area contributed by atoms with Gasteiger partial charge in [0.05, 0.1) is 0 Å². The number of benzene rings is 4. The van der Waals surface area contributed by atoms with Crippen molar-refractivity contribution < 1.29 is 65.1 Å². The van der Waals surface area contributed by atoms with Crippen molar-refractivity contribution in [1.29, 1.82) is 0 Å². The second kappa shape index (κ2) is 15.5. The number of carbonyl (C=O) groups is 4. The van der Waals surface area contributed by atoms with E-state index in [1.165, 1.54) is 25.1 Å². The largest absolute Gasteiger partial charge is 0.508 e. The molecule has 0 fully saturated rings. The highest BCUT2D eigenvalue weighted by Crippen LogP contribution is 2.28. The van der Waals surface area contributed by atoms with Crippen molar-refractivity contribution in [1.82, 2.24) is 0 Å². The van der Waals surface area contributed by atoms with Crippen molar-refractivity contribution in [3.63, 3.8) is 0 Å². The first kappa shape index (κ1) is 34.0. The molecule has 0 bridgehead atoms. The summed E-state index contributed by atoms with van der Waals surface area (Å²) in [6.45, 7) is 1.42. The van der Waals surface area contributed by atoms with Crippen LogP contribution in [0, 0.1) is 0 Å². The summed E-state index contributed by atoms with van der Waals surface area (Å²) in [6, 6.07) is 16.1. The third kappa shape index (κ3) is 10.3. The molecule has 0 radical (unpaired) electrons. The minimum atomic E-state index is -1.27. The number of hydrogen-bond donors (Lipinski definition) is 10. The Kier molecular flexibility index (Phi) is 12.6. The summed E-state index contributed by atoms with van der Waals surface area (Å²) in [5.41, 5.74) is 4.25. The minimum Gasteiger partial charge on any atom is -0.508 e. The lowest BCUT2D eigenvalue weighted by Crippen LogP contribution is -2.25. The van der Waals surface area contributed by atoms with Gasteiger partial charge in [0.2, 0.25) is 0 Å².